The van der Waals surface area contributed by atoms with Crippen molar-refractivity contribution in [3.63, 3.8) is 0 Å². The van der Waals surface area contributed by atoms with Gasteiger partial charge in [0.15, 0.2) is 5.96 Å². The first-order valence-electron chi connectivity index (χ1n) is 9.77. The summed E-state index contributed by atoms with van der Waals surface area (Å²) in [5.74, 6) is 0.709. The van der Waals surface area contributed by atoms with Gasteiger partial charge in [-0.15, -0.1) is 35.3 Å². The molecule has 2 rings (SSSR count). The lowest BCUT2D eigenvalue weighted by Crippen LogP contribution is -2.38. The number of guanidine groups is 1. The highest BCUT2D eigenvalue weighted by Gasteiger charge is 2.23. The van der Waals surface area contributed by atoms with E-state index in [4.69, 9.17) is 0 Å². The molecule has 2 heterocycles. The van der Waals surface area contributed by atoms with Crippen molar-refractivity contribution in [2.75, 3.05) is 26.7 Å². The number of hydrogen-bond donors (Lipinski definition) is 2. The summed E-state index contributed by atoms with van der Waals surface area (Å²) in [6, 6.07) is 3.59. The molecule has 0 amide bonds. The van der Waals surface area contributed by atoms with E-state index < -0.39 is 10.0 Å². The number of nitrogens with zero attached hydrogens (tertiary/aromatic N) is 4. The van der Waals surface area contributed by atoms with E-state index in [-0.39, 0.29) is 24.0 Å². The number of aliphatic imine (C=N–C) groups is 1. The molecule has 0 aliphatic carbocycles. The van der Waals surface area contributed by atoms with Gasteiger partial charge in [0.25, 0.3) is 10.0 Å². The molecule has 170 valence electrons. The molecule has 0 fully saturated rings. The smallest absolute Gasteiger partial charge is 0.252 e. The van der Waals surface area contributed by atoms with E-state index in [1.807, 2.05) is 45.5 Å². The molecular formula is C19H33IN6O2S2. The molecule has 2 aromatic heterocycles. The highest BCUT2D eigenvalue weighted by atomic mass is 127. The molecule has 2 N–H and O–H groups in total. The van der Waals surface area contributed by atoms with Crippen LogP contribution < -0.4 is 10.6 Å². The summed E-state index contributed by atoms with van der Waals surface area (Å²) in [4.78, 5) is 5.28. The summed E-state index contributed by atoms with van der Waals surface area (Å²) < 4.78 is 29.0. The Morgan fingerprint density at radius 2 is 1.90 bits per heavy atom. The Bertz CT molecular complexity index is 948. The van der Waals surface area contributed by atoms with Crippen LogP contribution in [0.1, 0.15) is 35.7 Å². The van der Waals surface area contributed by atoms with E-state index in [1.54, 1.807) is 13.1 Å². The lowest BCUT2D eigenvalue weighted by Gasteiger charge is -2.16. The van der Waals surface area contributed by atoms with Crippen LogP contribution in [-0.2, 0) is 30.0 Å². The molecule has 0 aliphatic heterocycles. The second-order valence-corrected chi connectivity index (χ2v) is 10.0. The minimum atomic E-state index is -3.38. The number of thiophene rings is 1. The molecule has 2 aromatic rings. The summed E-state index contributed by atoms with van der Waals surface area (Å²) in [7, 11) is 0.289. The van der Waals surface area contributed by atoms with E-state index in [2.05, 4.69) is 20.7 Å². The average Bonchev–Trinajstić information content (AvgIpc) is 3.25. The van der Waals surface area contributed by atoms with Gasteiger partial charge in [-0.1, -0.05) is 13.8 Å². The molecule has 11 heteroatoms. The lowest BCUT2D eigenvalue weighted by molar-refractivity contribution is 0.447. The lowest BCUT2D eigenvalue weighted by atomic mass is 10.2. The van der Waals surface area contributed by atoms with Crippen LogP contribution in [0.5, 0.6) is 0 Å². The van der Waals surface area contributed by atoms with Gasteiger partial charge in [0, 0.05) is 56.4 Å². The van der Waals surface area contributed by atoms with Crippen molar-refractivity contribution in [3.8, 4) is 0 Å². The van der Waals surface area contributed by atoms with Crippen molar-refractivity contribution >= 4 is 51.3 Å². The SMILES string of the molecule is CCN(CC)S(=O)(=O)c1ccc(CCNC(=NC)NCc2c(C)nn(C)c2C)s1.I. The van der Waals surface area contributed by atoms with Crippen molar-refractivity contribution in [2.45, 2.75) is 44.9 Å². The van der Waals surface area contributed by atoms with Crippen molar-refractivity contribution < 1.29 is 8.42 Å². The van der Waals surface area contributed by atoms with Crippen LogP contribution in [0.25, 0.3) is 0 Å². The second-order valence-electron chi connectivity index (χ2n) is 6.69. The minimum absolute atomic E-state index is 0. The third kappa shape index (κ3) is 6.41. The maximum Gasteiger partial charge on any atom is 0.252 e. The van der Waals surface area contributed by atoms with Crippen LogP contribution in [0.3, 0.4) is 0 Å². The highest BCUT2D eigenvalue weighted by Crippen LogP contribution is 2.25. The summed E-state index contributed by atoms with van der Waals surface area (Å²) in [6.45, 7) is 10.0. The van der Waals surface area contributed by atoms with Crippen molar-refractivity contribution in [2.24, 2.45) is 12.0 Å². The summed E-state index contributed by atoms with van der Waals surface area (Å²) in [5.41, 5.74) is 3.31. The standard InChI is InChI=1S/C19H32N6O2S2.HI/c1-7-25(8-2)29(26,27)18-10-9-16(28-18)11-12-21-19(20-5)22-13-17-14(3)23-24(6)15(17)4;/h9-10H,7-8,11-13H2,1-6H3,(H2,20,21,22);1H. The molecule has 0 aliphatic rings. The predicted molar refractivity (Wildman–Crippen MR) is 134 cm³/mol. The van der Waals surface area contributed by atoms with E-state index in [1.165, 1.54) is 21.2 Å². The van der Waals surface area contributed by atoms with Crippen molar-refractivity contribution in [1.82, 2.24) is 24.7 Å². The number of hydrogen-bond acceptors (Lipinski definition) is 5. The summed E-state index contributed by atoms with van der Waals surface area (Å²) in [6.07, 6.45) is 0.726. The second kappa shape index (κ2) is 12.0. The van der Waals surface area contributed by atoms with Gasteiger partial charge in [-0.2, -0.15) is 9.40 Å². The Labute approximate surface area is 201 Å². The van der Waals surface area contributed by atoms with Crippen LogP contribution in [-0.4, -0.2) is 55.1 Å². The number of aryl methyl sites for hydroxylation is 2. The Hall–Kier alpha value is -1.18. The quantitative estimate of drug-likeness (QED) is 0.276. The molecule has 30 heavy (non-hydrogen) atoms. The largest absolute Gasteiger partial charge is 0.356 e. The zero-order valence-electron chi connectivity index (χ0n) is 18.5. The van der Waals surface area contributed by atoms with Gasteiger partial charge >= 0.3 is 0 Å². The maximum atomic E-state index is 12.6. The first kappa shape index (κ1) is 26.9. The third-order valence-corrected chi connectivity index (χ3v) is 8.58. The fourth-order valence-corrected chi connectivity index (χ4v) is 6.06. The van der Waals surface area contributed by atoms with Gasteiger partial charge in [-0.05, 0) is 32.4 Å². The molecule has 8 nitrogen and oxygen atoms in total. The molecule has 0 aromatic carbocycles. The van der Waals surface area contributed by atoms with Crippen LogP contribution in [0.15, 0.2) is 21.3 Å². The first-order chi connectivity index (χ1) is 13.7. The number of sulfonamides is 1. The monoisotopic (exact) mass is 568 g/mol. The zero-order valence-corrected chi connectivity index (χ0v) is 22.5. The van der Waals surface area contributed by atoms with Gasteiger partial charge in [0.05, 0.1) is 5.69 Å². The molecule has 0 radical (unpaired) electrons. The summed E-state index contributed by atoms with van der Waals surface area (Å²) >= 11 is 1.33. The number of halogens is 1. The van der Waals surface area contributed by atoms with Crippen LogP contribution in [0, 0.1) is 13.8 Å². The van der Waals surface area contributed by atoms with E-state index >= 15 is 0 Å². The Morgan fingerprint density at radius 1 is 1.23 bits per heavy atom. The molecule has 0 unspecified atom stereocenters. The van der Waals surface area contributed by atoms with Gasteiger partial charge in [0.1, 0.15) is 4.21 Å². The van der Waals surface area contributed by atoms with Crippen LogP contribution in [0.2, 0.25) is 0 Å². The van der Waals surface area contributed by atoms with Crippen molar-refractivity contribution in [1.29, 1.82) is 0 Å². The van der Waals surface area contributed by atoms with Gasteiger partial charge in [-0.25, -0.2) is 8.42 Å². The highest BCUT2D eigenvalue weighted by molar-refractivity contribution is 14.0. The fourth-order valence-electron chi connectivity index (χ4n) is 3.09. The Balaban J connectivity index is 0.00000450. The van der Waals surface area contributed by atoms with Crippen LogP contribution >= 0.6 is 35.3 Å². The van der Waals surface area contributed by atoms with Gasteiger partial charge in [-0.3, -0.25) is 9.67 Å². The van der Waals surface area contributed by atoms with E-state index in [9.17, 15) is 8.42 Å². The molecule has 0 bridgehead atoms. The van der Waals surface area contributed by atoms with Gasteiger partial charge in [0.2, 0.25) is 0 Å². The molecule has 0 atom stereocenters. The van der Waals surface area contributed by atoms with Crippen molar-refractivity contribution in [3.05, 3.63) is 34.0 Å². The molecule has 0 saturated heterocycles. The van der Waals surface area contributed by atoms with E-state index in [0.29, 0.717) is 36.3 Å². The normalized spacial score (nSPS) is 12.2. The Kier molecular flexibility index (Phi) is 10.8. The predicted octanol–water partition coefficient (Wildman–Crippen LogP) is 2.65. The molecule has 0 saturated carbocycles. The maximum absolute atomic E-state index is 12.6. The summed E-state index contributed by atoms with van der Waals surface area (Å²) in [5, 5.41) is 11.0. The first-order valence-corrected chi connectivity index (χ1v) is 12.0. The number of nitrogens with one attached hydrogen (secondary N) is 2. The Morgan fingerprint density at radius 3 is 2.43 bits per heavy atom. The third-order valence-electron chi connectivity index (χ3n) is 4.92. The van der Waals surface area contributed by atoms with Gasteiger partial charge < -0.3 is 10.6 Å². The molecule has 0 spiro atoms. The average molecular weight is 569 g/mol. The number of aromatic nitrogens is 2. The minimum Gasteiger partial charge on any atom is -0.356 e. The zero-order chi connectivity index (χ0) is 21.6. The van der Waals surface area contributed by atoms with Crippen LogP contribution in [0.4, 0.5) is 0 Å². The fraction of sp³-hybridized carbons (Fsp3) is 0.579. The molecular weight excluding hydrogens is 535 g/mol. The number of rotatable bonds is 9. The van der Waals surface area contributed by atoms with E-state index in [0.717, 1.165) is 22.7 Å². The topological polar surface area (TPSA) is 91.6 Å².